The predicted octanol–water partition coefficient (Wildman–Crippen LogP) is 2.11. The van der Waals surface area contributed by atoms with Gasteiger partial charge in [-0.1, -0.05) is 27.7 Å². The summed E-state index contributed by atoms with van der Waals surface area (Å²) >= 11 is 0. The molecule has 0 saturated carbocycles. The smallest absolute Gasteiger partial charge is 0.0195 e. The zero-order valence-corrected chi connectivity index (χ0v) is 10.3. The molecule has 1 rings (SSSR count). The van der Waals surface area contributed by atoms with Crippen LogP contribution < -0.4 is 5.32 Å². The Kier molecular flexibility index (Phi) is 4.39. The Labute approximate surface area is 89.1 Å². The summed E-state index contributed by atoms with van der Waals surface area (Å²) in [5, 5.41) is 3.68. The van der Waals surface area contributed by atoms with Crippen LogP contribution in [0, 0.1) is 5.41 Å². The SMILES string of the molecule is CCN1CCCC(NCC(C)(C)C)C1. The highest BCUT2D eigenvalue weighted by atomic mass is 15.2. The lowest BCUT2D eigenvalue weighted by Gasteiger charge is -2.34. The van der Waals surface area contributed by atoms with Crippen molar-refractivity contribution in [2.45, 2.75) is 46.6 Å². The third kappa shape index (κ3) is 4.43. The molecule has 0 bridgehead atoms. The predicted molar refractivity (Wildman–Crippen MR) is 62.6 cm³/mol. The van der Waals surface area contributed by atoms with Gasteiger partial charge in [-0.05, 0) is 31.3 Å². The van der Waals surface area contributed by atoms with Gasteiger partial charge in [0.2, 0.25) is 0 Å². The highest BCUT2D eigenvalue weighted by Gasteiger charge is 2.20. The van der Waals surface area contributed by atoms with Crippen molar-refractivity contribution in [2.75, 3.05) is 26.2 Å². The van der Waals surface area contributed by atoms with Crippen molar-refractivity contribution < 1.29 is 0 Å². The molecule has 1 fully saturated rings. The van der Waals surface area contributed by atoms with Crippen LogP contribution in [0.5, 0.6) is 0 Å². The normalized spacial score (nSPS) is 25.3. The minimum absolute atomic E-state index is 0.411. The molecule has 1 aliphatic rings. The van der Waals surface area contributed by atoms with E-state index in [9.17, 15) is 0 Å². The van der Waals surface area contributed by atoms with Crippen molar-refractivity contribution in [2.24, 2.45) is 5.41 Å². The van der Waals surface area contributed by atoms with Gasteiger partial charge in [-0.15, -0.1) is 0 Å². The van der Waals surface area contributed by atoms with Gasteiger partial charge in [-0.3, -0.25) is 0 Å². The van der Waals surface area contributed by atoms with Gasteiger partial charge in [0.05, 0.1) is 0 Å². The standard InChI is InChI=1S/C12H26N2/c1-5-14-8-6-7-11(9-14)13-10-12(2,3)4/h11,13H,5-10H2,1-4H3. The third-order valence-electron chi connectivity index (χ3n) is 2.87. The van der Waals surface area contributed by atoms with Crippen molar-refractivity contribution >= 4 is 0 Å². The number of hydrogen-bond donors (Lipinski definition) is 1. The van der Waals surface area contributed by atoms with Gasteiger partial charge in [0.1, 0.15) is 0 Å². The van der Waals surface area contributed by atoms with E-state index in [-0.39, 0.29) is 0 Å². The number of likely N-dealkylation sites (N-methyl/N-ethyl adjacent to an activating group) is 1. The van der Waals surface area contributed by atoms with Crippen LogP contribution in [0.15, 0.2) is 0 Å². The Morgan fingerprint density at radius 1 is 1.36 bits per heavy atom. The summed E-state index contributed by atoms with van der Waals surface area (Å²) in [6, 6.07) is 0.725. The first-order chi connectivity index (χ1) is 6.51. The first-order valence-electron chi connectivity index (χ1n) is 5.97. The molecule has 0 aromatic carbocycles. The zero-order valence-electron chi connectivity index (χ0n) is 10.3. The average molecular weight is 198 g/mol. The maximum Gasteiger partial charge on any atom is 0.0195 e. The molecule has 0 aromatic rings. The lowest BCUT2D eigenvalue weighted by Crippen LogP contribution is -2.47. The van der Waals surface area contributed by atoms with Crippen LogP contribution in [0.25, 0.3) is 0 Å². The van der Waals surface area contributed by atoms with Crippen molar-refractivity contribution in [1.82, 2.24) is 10.2 Å². The Morgan fingerprint density at radius 3 is 2.64 bits per heavy atom. The van der Waals surface area contributed by atoms with Gasteiger partial charge in [-0.25, -0.2) is 0 Å². The molecule has 0 amide bonds. The highest BCUT2D eigenvalue weighted by molar-refractivity contribution is 4.79. The fourth-order valence-electron chi connectivity index (χ4n) is 1.96. The first-order valence-corrected chi connectivity index (χ1v) is 5.97. The summed E-state index contributed by atoms with van der Waals surface area (Å²) < 4.78 is 0. The van der Waals surface area contributed by atoms with Crippen LogP contribution in [-0.4, -0.2) is 37.1 Å². The number of rotatable bonds is 3. The number of nitrogens with zero attached hydrogens (tertiary/aromatic N) is 1. The summed E-state index contributed by atoms with van der Waals surface area (Å²) in [7, 11) is 0. The second-order valence-corrected chi connectivity index (χ2v) is 5.67. The van der Waals surface area contributed by atoms with Crippen LogP contribution in [0.3, 0.4) is 0 Å². The zero-order chi connectivity index (χ0) is 10.6. The van der Waals surface area contributed by atoms with E-state index in [1.165, 1.54) is 32.5 Å². The van der Waals surface area contributed by atoms with Gasteiger partial charge < -0.3 is 10.2 Å². The van der Waals surface area contributed by atoms with E-state index < -0.39 is 0 Å². The van der Waals surface area contributed by atoms with Gasteiger partial charge in [-0.2, -0.15) is 0 Å². The van der Waals surface area contributed by atoms with Gasteiger partial charge in [0, 0.05) is 19.1 Å². The largest absolute Gasteiger partial charge is 0.312 e. The molecule has 2 heteroatoms. The molecule has 1 atom stereocenters. The first kappa shape index (κ1) is 12.0. The van der Waals surface area contributed by atoms with E-state index in [2.05, 4.69) is 37.9 Å². The Hall–Kier alpha value is -0.0800. The van der Waals surface area contributed by atoms with E-state index in [0.29, 0.717) is 5.41 Å². The average Bonchev–Trinajstić information content (AvgIpc) is 2.14. The van der Waals surface area contributed by atoms with Crippen LogP contribution in [0.1, 0.15) is 40.5 Å². The molecule has 2 nitrogen and oxygen atoms in total. The molecule has 1 heterocycles. The van der Waals surface area contributed by atoms with Crippen molar-refractivity contribution in [3.63, 3.8) is 0 Å². The van der Waals surface area contributed by atoms with Gasteiger partial charge in [0.15, 0.2) is 0 Å². The van der Waals surface area contributed by atoms with E-state index in [4.69, 9.17) is 0 Å². The molecule has 0 radical (unpaired) electrons. The number of hydrogen-bond acceptors (Lipinski definition) is 2. The molecule has 1 unspecified atom stereocenters. The summed E-state index contributed by atoms with van der Waals surface area (Å²) in [6.45, 7) is 14.0. The summed E-state index contributed by atoms with van der Waals surface area (Å²) in [5.41, 5.74) is 0.411. The van der Waals surface area contributed by atoms with E-state index in [0.717, 1.165) is 12.6 Å². The highest BCUT2D eigenvalue weighted by Crippen LogP contribution is 2.14. The van der Waals surface area contributed by atoms with Crippen LogP contribution in [0.2, 0.25) is 0 Å². The van der Waals surface area contributed by atoms with Crippen LogP contribution in [0.4, 0.5) is 0 Å². The van der Waals surface area contributed by atoms with Crippen molar-refractivity contribution in [3.05, 3.63) is 0 Å². The van der Waals surface area contributed by atoms with E-state index >= 15 is 0 Å². The van der Waals surface area contributed by atoms with Gasteiger partial charge >= 0.3 is 0 Å². The van der Waals surface area contributed by atoms with Crippen LogP contribution in [-0.2, 0) is 0 Å². The summed E-state index contributed by atoms with van der Waals surface area (Å²) in [5.74, 6) is 0. The summed E-state index contributed by atoms with van der Waals surface area (Å²) in [4.78, 5) is 2.55. The second-order valence-electron chi connectivity index (χ2n) is 5.67. The molecular weight excluding hydrogens is 172 g/mol. The molecule has 1 saturated heterocycles. The fraction of sp³-hybridized carbons (Fsp3) is 1.00. The fourth-order valence-corrected chi connectivity index (χ4v) is 1.96. The molecule has 0 spiro atoms. The van der Waals surface area contributed by atoms with Crippen molar-refractivity contribution in [1.29, 1.82) is 0 Å². The van der Waals surface area contributed by atoms with E-state index in [1.54, 1.807) is 0 Å². The topological polar surface area (TPSA) is 15.3 Å². The monoisotopic (exact) mass is 198 g/mol. The maximum absolute atomic E-state index is 3.68. The number of nitrogens with one attached hydrogen (secondary N) is 1. The number of likely N-dealkylation sites (tertiary alicyclic amines) is 1. The van der Waals surface area contributed by atoms with E-state index in [1.807, 2.05) is 0 Å². The molecule has 14 heavy (non-hydrogen) atoms. The third-order valence-corrected chi connectivity index (χ3v) is 2.87. The van der Waals surface area contributed by atoms with Gasteiger partial charge in [0.25, 0.3) is 0 Å². The van der Waals surface area contributed by atoms with Crippen molar-refractivity contribution in [3.8, 4) is 0 Å². The lowest BCUT2D eigenvalue weighted by molar-refractivity contribution is 0.189. The molecule has 84 valence electrons. The Balaban J connectivity index is 2.24. The molecule has 0 aliphatic carbocycles. The second kappa shape index (κ2) is 5.13. The van der Waals surface area contributed by atoms with Crippen LogP contribution >= 0.6 is 0 Å². The molecule has 1 aliphatic heterocycles. The Bertz CT molecular complexity index is 160. The summed E-state index contributed by atoms with van der Waals surface area (Å²) in [6.07, 6.45) is 2.71. The number of piperidine rings is 1. The molecular formula is C12H26N2. The quantitative estimate of drug-likeness (QED) is 0.747. The minimum Gasteiger partial charge on any atom is -0.312 e. The Morgan fingerprint density at radius 2 is 2.07 bits per heavy atom. The molecule has 0 aromatic heterocycles. The lowest BCUT2D eigenvalue weighted by atomic mass is 9.95. The minimum atomic E-state index is 0.411. The maximum atomic E-state index is 3.68. The molecule has 1 N–H and O–H groups in total.